The van der Waals surface area contributed by atoms with Gasteiger partial charge in [0.1, 0.15) is 11.6 Å². The van der Waals surface area contributed by atoms with E-state index in [1.807, 2.05) is 18.2 Å². The number of rotatable bonds is 2. The first kappa shape index (κ1) is 19.4. The number of carboxylic acid groups (broad SMARTS) is 1. The van der Waals surface area contributed by atoms with Crippen LogP contribution < -0.4 is 0 Å². The molecule has 1 heterocycles. The van der Waals surface area contributed by atoms with Gasteiger partial charge >= 0.3 is 5.97 Å². The van der Waals surface area contributed by atoms with Crippen LogP contribution in [0.1, 0.15) is 34.3 Å². The van der Waals surface area contributed by atoms with Crippen molar-refractivity contribution in [1.82, 2.24) is 4.98 Å². The average molecular weight is 415 g/mol. The van der Waals surface area contributed by atoms with Crippen LogP contribution in [0.3, 0.4) is 0 Å². The zero-order valence-electron chi connectivity index (χ0n) is 16.7. The summed E-state index contributed by atoms with van der Waals surface area (Å²) in [4.78, 5) is 17.0. The van der Waals surface area contributed by atoms with Crippen molar-refractivity contribution in [2.24, 2.45) is 0 Å². The highest BCUT2D eigenvalue weighted by Gasteiger charge is 2.24. The minimum absolute atomic E-state index is 0.116. The molecule has 0 amide bonds. The van der Waals surface area contributed by atoms with Crippen molar-refractivity contribution in [3.63, 3.8) is 0 Å². The van der Waals surface area contributed by atoms with Crippen LogP contribution in [0.5, 0.6) is 0 Å². The third-order valence-corrected chi connectivity index (χ3v) is 5.93. The number of aromatic nitrogens is 1. The fourth-order valence-corrected chi connectivity index (χ4v) is 4.50. The van der Waals surface area contributed by atoms with Crippen LogP contribution in [0.2, 0.25) is 0 Å². The lowest BCUT2D eigenvalue weighted by molar-refractivity contribution is 0.0698. The minimum Gasteiger partial charge on any atom is -0.478 e. The summed E-state index contributed by atoms with van der Waals surface area (Å²) >= 11 is 0. The van der Waals surface area contributed by atoms with Gasteiger partial charge in [-0.3, -0.25) is 0 Å². The zero-order chi connectivity index (χ0) is 21.5. The number of benzene rings is 3. The molecule has 5 rings (SSSR count). The number of aromatic carboxylic acids is 1. The molecular formula is C26H19F2NO2. The Labute approximate surface area is 178 Å². The second kappa shape index (κ2) is 7.58. The predicted octanol–water partition coefficient (Wildman–Crippen LogP) is 6.42. The Morgan fingerprint density at radius 3 is 2.52 bits per heavy atom. The van der Waals surface area contributed by atoms with Gasteiger partial charge in [0.15, 0.2) is 0 Å². The van der Waals surface area contributed by atoms with Crippen LogP contribution in [-0.2, 0) is 12.8 Å². The van der Waals surface area contributed by atoms with Gasteiger partial charge in [-0.25, -0.2) is 18.6 Å². The van der Waals surface area contributed by atoms with Gasteiger partial charge in [0.2, 0.25) is 0 Å². The predicted molar refractivity (Wildman–Crippen MR) is 116 cm³/mol. The van der Waals surface area contributed by atoms with Crippen LogP contribution in [0.15, 0.2) is 60.7 Å². The summed E-state index contributed by atoms with van der Waals surface area (Å²) < 4.78 is 28.2. The monoisotopic (exact) mass is 415 g/mol. The number of nitrogens with zero attached hydrogens (tertiary/aromatic N) is 1. The van der Waals surface area contributed by atoms with Crippen molar-refractivity contribution >= 4 is 16.9 Å². The van der Waals surface area contributed by atoms with Crippen molar-refractivity contribution in [1.29, 1.82) is 0 Å². The number of carboxylic acids is 1. The van der Waals surface area contributed by atoms with Gasteiger partial charge in [0, 0.05) is 16.5 Å². The molecule has 3 aromatic carbocycles. The molecule has 0 saturated carbocycles. The minimum atomic E-state index is -1.08. The quantitative estimate of drug-likeness (QED) is 0.411. The van der Waals surface area contributed by atoms with Crippen LogP contribution in [0, 0.1) is 11.6 Å². The fraction of sp³-hybridized carbons (Fsp3) is 0.154. The molecule has 31 heavy (non-hydrogen) atoms. The molecule has 1 N–H and O–H groups in total. The van der Waals surface area contributed by atoms with E-state index < -0.39 is 11.8 Å². The molecule has 154 valence electrons. The first-order valence-electron chi connectivity index (χ1n) is 10.3. The van der Waals surface area contributed by atoms with Gasteiger partial charge < -0.3 is 5.11 Å². The Morgan fingerprint density at radius 1 is 0.903 bits per heavy atom. The van der Waals surface area contributed by atoms with E-state index in [1.54, 1.807) is 18.2 Å². The Balaban J connectivity index is 1.78. The third kappa shape index (κ3) is 3.36. The molecule has 1 aromatic heterocycles. The SMILES string of the molecule is O=C(O)c1c2c(nc3ccc(F)cc13)-c1ccc(-c3ccccc3F)cc1CCCC2. The molecule has 1 aliphatic carbocycles. The van der Waals surface area contributed by atoms with Gasteiger partial charge in [0.25, 0.3) is 0 Å². The first-order valence-corrected chi connectivity index (χ1v) is 10.3. The first-order chi connectivity index (χ1) is 15.0. The van der Waals surface area contributed by atoms with Gasteiger partial charge in [0.05, 0.1) is 16.8 Å². The molecular weight excluding hydrogens is 396 g/mol. The zero-order valence-corrected chi connectivity index (χ0v) is 16.7. The topological polar surface area (TPSA) is 50.2 Å². The van der Waals surface area contributed by atoms with E-state index in [9.17, 15) is 18.7 Å². The Morgan fingerprint density at radius 2 is 1.71 bits per heavy atom. The highest BCUT2D eigenvalue weighted by Crippen LogP contribution is 2.37. The van der Waals surface area contributed by atoms with Crippen LogP contribution in [0.25, 0.3) is 33.3 Å². The molecule has 0 saturated heterocycles. The summed E-state index contributed by atoms with van der Waals surface area (Å²) in [6.45, 7) is 0. The number of pyridine rings is 1. The number of halogens is 2. The summed E-state index contributed by atoms with van der Waals surface area (Å²) in [5, 5.41) is 10.3. The van der Waals surface area contributed by atoms with Crippen molar-refractivity contribution in [2.45, 2.75) is 25.7 Å². The summed E-state index contributed by atoms with van der Waals surface area (Å²) in [5.74, 6) is -1.86. The maximum Gasteiger partial charge on any atom is 0.336 e. The number of carbonyl (C=O) groups is 1. The molecule has 4 aromatic rings. The molecule has 0 spiro atoms. The number of fused-ring (bicyclic) bond motifs is 4. The van der Waals surface area contributed by atoms with E-state index in [2.05, 4.69) is 0 Å². The lowest BCUT2D eigenvalue weighted by Gasteiger charge is -2.21. The molecule has 0 unspecified atom stereocenters. The normalized spacial score (nSPS) is 13.2. The van der Waals surface area contributed by atoms with E-state index in [-0.39, 0.29) is 11.4 Å². The maximum absolute atomic E-state index is 14.3. The average Bonchev–Trinajstić information content (AvgIpc) is 2.74. The lowest BCUT2D eigenvalue weighted by Crippen LogP contribution is -2.11. The third-order valence-electron chi connectivity index (χ3n) is 5.93. The lowest BCUT2D eigenvalue weighted by atomic mass is 9.86. The van der Waals surface area contributed by atoms with E-state index in [0.29, 0.717) is 34.1 Å². The smallest absolute Gasteiger partial charge is 0.336 e. The molecule has 0 fully saturated rings. The molecule has 1 aliphatic rings. The van der Waals surface area contributed by atoms with Crippen LogP contribution >= 0.6 is 0 Å². The summed E-state index contributed by atoms with van der Waals surface area (Å²) in [6, 6.07) is 16.4. The largest absolute Gasteiger partial charge is 0.478 e. The standard InChI is InChI=1S/C26H19F2NO2/c27-17-10-12-23-21(14-17)24(26(30)31)20-7-2-1-5-15-13-16(9-11-19(15)25(20)29-23)18-6-3-4-8-22(18)28/h3-4,6,8-14H,1-2,5,7H2,(H,30,31). The van der Waals surface area contributed by atoms with E-state index in [1.165, 1.54) is 24.3 Å². The van der Waals surface area contributed by atoms with E-state index in [4.69, 9.17) is 4.98 Å². The van der Waals surface area contributed by atoms with Crippen molar-refractivity contribution < 1.29 is 18.7 Å². The van der Waals surface area contributed by atoms with Gasteiger partial charge in [-0.05, 0) is 66.6 Å². The highest BCUT2D eigenvalue weighted by molar-refractivity contribution is 6.06. The van der Waals surface area contributed by atoms with Gasteiger partial charge in [-0.2, -0.15) is 0 Å². The number of hydrogen-bond acceptors (Lipinski definition) is 2. The Kier molecular flexibility index (Phi) is 4.74. The van der Waals surface area contributed by atoms with Gasteiger partial charge in [-0.15, -0.1) is 0 Å². The van der Waals surface area contributed by atoms with Gasteiger partial charge in [-0.1, -0.05) is 36.4 Å². The van der Waals surface area contributed by atoms with Crippen molar-refractivity contribution in [3.05, 3.63) is 89.0 Å². The highest BCUT2D eigenvalue weighted by atomic mass is 19.1. The van der Waals surface area contributed by atoms with E-state index in [0.717, 1.165) is 36.0 Å². The fourth-order valence-electron chi connectivity index (χ4n) is 4.50. The summed E-state index contributed by atoms with van der Waals surface area (Å²) in [6.07, 6.45) is 3.01. The van der Waals surface area contributed by atoms with Crippen molar-refractivity contribution in [3.8, 4) is 22.4 Å². The second-order valence-corrected chi connectivity index (χ2v) is 7.84. The van der Waals surface area contributed by atoms with Crippen LogP contribution in [-0.4, -0.2) is 16.1 Å². The molecule has 0 atom stereocenters. The second-order valence-electron chi connectivity index (χ2n) is 7.84. The van der Waals surface area contributed by atoms with Crippen LogP contribution in [0.4, 0.5) is 8.78 Å². The summed E-state index contributed by atoms with van der Waals surface area (Å²) in [7, 11) is 0. The molecule has 3 nitrogen and oxygen atoms in total. The van der Waals surface area contributed by atoms with E-state index >= 15 is 0 Å². The summed E-state index contributed by atoms with van der Waals surface area (Å²) in [5.41, 5.74) is 4.97. The Hall–Kier alpha value is -3.60. The molecule has 0 aliphatic heterocycles. The maximum atomic E-state index is 14.3. The number of hydrogen-bond donors (Lipinski definition) is 1. The molecule has 0 bridgehead atoms. The molecule has 0 radical (unpaired) electrons. The molecule has 5 heteroatoms. The Bertz CT molecular complexity index is 1350. The number of aryl methyl sites for hydroxylation is 1. The van der Waals surface area contributed by atoms with Crippen molar-refractivity contribution in [2.75, 3.05) is 0 Å².